The molecule has 0 saturated carbocycles. The van der Waals surface area contributed by atoms with Gasteiger partial charge in [-0.3, -0.25) is 9.59 Å². The van der Waals surface area contributed by atoms with Gasteiger partial charge in [0.2, 0.25) is 5.91 Å². The molecule has 532 valence electrons. The summed E-state index contributed by atoms with van der Waals surface area (Å²) < 4.78 is 5.51. The molecule has 0 aromatic carbocycles. The third-order valence-corrected chi connectivity index (χ3v) is 19.4. The van der Waals surface area contributed by atoms with Crippen molar-refractivity contribution in [3.63, 3.8) is 0 Å². The molecule has 0 aromatic rings. The molecule has 0 radical (unpaired) electrons. The van der Waals surface area contributed by atoms with Crippen molar-refractivity contribution >= 4 is 11.9 Å². The highest BCUT2D eigenvalue weighted by Gasteiger charge is 2.18. The summed E-state index contributed by atoms with van der Waals surface area (Å²) >= 11 is 0. The SMILES string of the molecule is CCCCCCCCCCCCCCCCCCCCCCC/C=C/C(O)C(CO)NC(=O)CCCCCCCCCCCCCCCCCCC/C=C\C/C=C\CCCCCCCCCCCOC(=O)CCCCCCCCCCCCCCCCCCC. The van der Waals surface area contributed by atoms with E-state index in [4.69, 9.17) is 4.74 Å². The van der Waals surface area contributed by atoms with E-state index in [1.54, 1.807) is 6.08 Å². The van der Waals surface area contributed by atoms with Gasteiger partial charge in [0.15, 0.2) is 0 Å². The number of hydrogen-bond donors (Lipinski definition) is 3. The first-order valence-electron chi connectivity index (χ1n) is 41.3. The molecule has 2 unspecified atom stereocenters. The molecule has 0 spiro atoms. The molecule has 0 rings (SSSR count). The first-order chi connectivity index (χ1) is 44.5. The van der Waals surface area contributed by atoms with E-state index >= 15 is 0 Å². The normalized spacial score (nSPS) is 12.6. The molecule has 6 nitrogen and oxygen atoms in total. The van der Waals surface area contributed by atoms with Crippen molar-refractivity contribution in [2.24, 2.45) is 0 Å². The lowest BCUT2D eigenvalue weighted by Crippen LogP contribution is -2.45. The molecule has 0 heterocycles. The topological polar surface area (TPSA) is 95.9 Å². The van der Waals surface area contributed by atoms with E-state index in [2.05, 4.69) is 43.5 Å². The first kappa shape index (κ1) is 88.1. The predicted molar refractivity (Wildman–Crippen MR) is 398 cm³/mol. The van der Waals surface area contributed by atoms with Crippen LogP contribution in [0.2, 0.25) is 0 Å². The minimum atomic E-state index is -0.845. The van der Waals surface area contributed by atoms with Crippen LogP contribution in [-0.2, 0) is 14.3 Å². The van der Waals surface area contributed by atoms with E-state index in [1.807, 2.05) is 6.08 Å². The van der Waals surface area contributed by atoms with Crippen LogP contribution in [0.15, 0.2) is 36.5 Å². The lowest BCUT2D eigenvalue weighted by Gasteiger charge is -2.20. The van der Waals surface area contributed by atoms with E-state index in [1.165, 1.54) is 392 Å². The van der Waals surface area contributed by atoms with Gasteiger partial charge in [-0.15, -0.1) is 0 Å². The van der Waals surface area contributed by atoms with Crippen LogP contribution >= 0.6 is 0 Å². The molecule has 90 heavy (non-hydrogen) atoms. The molecule has 0 aliphatic carbocycles. The second-order valence-corrected chi connectivity index (χ2v) is 28.5. The van der Waals surface area contributed by atoms with Crippen molar-refractivity contribution < 1.29 is 24.5 Å². The Hall–Kier alpha value is -1.92. The zero-order valence-corrected chi connectivity index (χ0v) is 61.1. The van der Waals surface area contributed by atoms with Gasteiger partial charge in [0.05, 0.1) is 25.4 Å². The minimum absolute atomic E-state index is 0.0188. The van der Waals surface area contributed by atoms with Gasteiger partial charge in [0.25, 0.3) is 0 Å². The number of hydrogen-bond acceptors (Lipinski definition) is 5. The number of nitrogens with one attached hydrogen (secondary N) is 1. The molecule has 1 amide bonds. The van der Waals surface area contributed by atoms with Gasteiger partial charge in [0.1, 0.15) is 0 Å². The lowest BCUT2D eigenvalue weighted by molar-refractivity contribution is -0.143. The molecule has 0 fully saturated rings. The Labute approximate surface area is 564 Å². The molecule has 2 atom stereocenters. The molecule has 0 aliphatic rings. The Bertz CT molecular complexity index is 1460. The van der Waals surface area contributed by atoms with Crippen LogP contribution in [0.5, 0.6) is 0 Å². The smallest absolute Gasteiger partial charge is 0.305 e. The van der Waals surface area contributed by atoms with Gasteiger partial charge in [-0.1, -0.05) is 423 Å². The summed E-state index contributed by atoms with van der Waals surface area (Å²) in [6.07, 6.45) is 104. The average molecular weight is 1270 g/mol. The maximum absolute atomic E-state index is 12.6. The van der Waals surface area contributed by atoms with Gasteiger partial charge in [-0.2, -0.15) is 0 Å². The number of carbonyl (C=O) groups is 2. The summed E-state index contributed by atoms with van der Waals surface area (Å²) in [7, 11) is 0. The number of rotatable bonds is 78. The molecular weight excluding hydrogens is 1100 g/mol. The Morgan fingerprint density at radius 1 is 0.311 bits per heavy atom. The summed E-state index contributed by atoms with van der Waals surface area (Å²) in [6, 6.07) is -0.628. The Kier molecular flexibility index (Phi) is 77.8. The van der Waals surface area contributed by atoms with Crippen LogP contribution in [-0.4, -0.2) is 47.4 Å². The number of ether oxygens (including phenoxy) is 1. The standard InChI is InChI=1S/C84H161NO5/c1-3-5-7-9-11-13-15-17-19-21-22-23-35-38-41-45-48-52-56-60-64-68-72-76-82(87)81(80-86)85-83(88)77-73-69-65-61-57-53-49-46-42-39-36-33-31-29-27-25-24-26-28-30-32-34-37-40-43-47-51-55-59-63-67-71-75-79-90-84(89)78-74-70-66-62-58-54-50-44-20-18-16-14-12-10-8-6-4-2/h28,30,34,37,72,76,81-82,86-87H,3-27,29,31-33,35-36,38-71,73-75,77-80H2,1-2H3,(H,85,88)/b30-28-,37-34-,76-72+. The van der Waals surface area contributed by atoms with Crippen molar-refractivity contribution in [3.8, 4) is 0 Å². The van der Waals surface area contributed by atoms with Crippen LogP contribution in [0.3, 0.4) is 0 Å². The van der Waals surface area contributed by atoms with E-state index in [0.717, 1.165) is 44.9 Å². The fourth-order valence-electron chi connectivity index (χ4n) is 13.1. The van der Waals surface area contributed by atoms with Crippen molar-refractivity contribution in [2.45, 2.75) is 475 Å². The number of amides is 1. The fraction of sp³-hybridized carbons (Fsp3) is 0.905. The average Bonchev–Trinajstić information content (AvgIpc) is 3.69. The van der Waals surface area contributed by atoms with Crippen molar-refractivity contribution in [2.75, 3.05) is 13.2 Å². The predicted octanol–water partition coefficient (Wildman–Crippen LogP) is 27.4. The molecule has 0 saturated heterocycles. The summed E-state index contributed by atoms with van der Waals surface area (Å²) in [5, 5.41) is 23.3. The van der Waals surface area contributed by atoms with Crippen molar-refractivity contribution in [3.05, 3.63) is 36.5 Å². The van der Waals surface area contributed by atoms with E-state index in [9.17, 15) is 19.8 Å². The Morgan fingerprint density at radius 3 is 0.844 bits per heavy atom. The van der Waals surface area contributed by atoms with Crippen LogP contribution in [0.4, 0.5) is 0 Å². The maximum atomic E-state index is 12.6. The lowest BCUT2D eigenvalue weighted by atomic mass is 10.0. The van der Waals surface area contributed by atoms with Crippen molar-refractivity contribution in [1.29, 1.82) is 0 Å². The van der Waals surface area contributed by atoms with Crippen LogP contribution in [0.1, 0.15) is 463 Å². The summed E-state index contributed by atoms with van der Waals surface area (Å²) in [5.41, 5.74) is 0. The molecule has 3 N–H and O–H groups in total. The first-order valence-corrected chi connectivity index (χ1v) is 41.3. The molecule has 0 aliphatic heterocycles. The fourth-order valence-corrected chi connectivity index (χ4v) is 13.1. The number of allylic oxidation sites excluding steroid dienone is 5. The quantitative estimate of drug-likeness (QED) is 0.0320. The largest absolute Gasteiger partial charge is 0.466 e. The monoisotopic (exact) mass is 1260 g/mol. The van der Waals surface area contributed by atoms with Crippen LogP contribution < -0.4 is 5.32 Å². The molecule has 0 aromatic heterocycles. The molecule has 6 heteroatoms. The minimum Gasteiger partial charge on any atom is -0.466 e. The zero-order chi connectivity index (χ0) is 64.9. The van der Waals surface area contributed by atoms with Crippen LogP contribution in [0.25, 0.3) is 0 Å². The maximum Gasteiger partial charge on any atom is 0.305 e. The number of unbranched alkanes of at least 4 members (excludes halogenated alkanes) is 63. The summed E-state index contributed by atoms with van der Waals surface area (Å²) in [5.74, 6) is -0.0423. The summed E-state index contributed by atoms with van der Waals surface area (Å²) in [4.78, 5) is 24.7. The second-order valence-electron chi connectivity index (χ2n) is 28.5. The van der Waals surface area contributed by atoms with Crippen molar-refractivity contribution in [1.82, 2.24) is 5.32 Å². The Morgan fingerprint density at radius 2 is 0.556 bits per heavy atom. The Balaban J connectivity index is 3.39. The van der Waals surface area contributed by atoms with E-state index < -0.39 is 12.1 Å². The van der Waals surface area contributed by atoms with Gasteiger partial charge < -0.3 is 20.3 Å². The molecular formula is C84H161NO5. The zero-order valence-electron chi connectivity index (χ0n) is 61.1. The van der Waals surface area contributed by atoms with Gasteiger partial charge in [-0.05, 0) is 64.2 Å². The van der Waals surface area contributed by atoms with E-state index in [0.29, 0.717) is 19.4 Å². The molecule has 0 bridgehead atoms. The number of aliphatic hydroxyl groups is 2. The van der Waals surface area contributed by atoms with Gasteiger partial charge >= 0.3 is 5.97 Å². The third kappa shape index (κ3) is 75.1. The van der Waals surface area contributed by atoms with Gasteiger partial charge in [-0.25, -0.2) is 0 Å². The highest BCUT2D eigenvalue weighted by molar-refractivity contribution is 5.76. The van der Waals surface area contributed by atoms with E-state index in [-0.39, 0.29) is 18.5 Å². The number of esters is 1. The highest BCUT2D eigenvalue weighted by atomic mass is 16.5. The summed E-state index contributed by atoms with van der Waals surface area (Å²) in [6.45, 7) is 4.96. The number of aliphatic hydroxyl groups excluding tert-OH is 2. The third-order valence-electron chi connectivity index (χ3n) is 19.4. The highest BCUT2D eigenvalue weighted by Crippen LogP contribution is 2.20. The number of carbonyl (C=O) groups excluding carboxylic acids is 2. The second kappa shape index (κ2) is 79.5. The van der Waals surface area contributed by atoms with Crippen LogP contribution in [0, 0.1) is 0 Å². The van der Waals surface area contributed by atoms with Gasteiger partial charge in [0, 0.05) is 12.8 Å².